The zero-order chi connectivity index (χ0) is 10.7. The molecule has 2 rings (SSSR count). The van der Waals surface area contributed by atoms with Crippen molar-refractivity contribution in [1.82, 2.24) is 10.3 Å². The molecule has 15 heavy (non-hydrogen) atoms. The Morgan fingerprint density at radius 3 is 2.53 bits per heavy atom. The number of carbonyl (C=O) groups excluding carboxylic acids is 2. The molecule has 2 heterocycles. The van der Waals surface area contributed by atoms with E-state index in [2.05, 4.69) is 10.5 Å². The van der Waals surface area contributed by atoms with Crippen molar-refractivity contribution in [2.45, 2.75) is 32.1 Å². The molecule has 0 saturated carbocycles. The van der Waals surface area contributed by atoms with Crippen LogP contribution in [0.3, 0.4) is 0 Å². The molecule has 5 heteroatoms. The predicted molar refractivity (Wildman–Crippen MR) is 55.2 cm³/mol. The van der Waals surface area contributed by atoms with Gasteiger partial charge in [0.1, 0.15) is 5.71 Å². The third-order valence-corrected chi connectivity index (χ3v) is 2.79. The molecule has 1 saturated heterocycles. The SMILES string of the molecule is O=C1CCC(C(=O)N2CCCCC2)=NN1. The normalized spacial score (nSPS) is 22.0. The molecule has 2 aliphatic rings. The smallest absolute Gasteiger partial charge is 0.270 e. The largest absolute Gasteiger partial charge is 0.338 e. The van der Waals surface area contributed by atoms with Gasteiger partial charge in [-0.25, -0.2) is 5.43 Å². The predicted octanol–water partition coefficient (Wildman–Crippen LogP) is 0.265. The van der Waals surface area contributed by atoms with Gasteiger partial charge in [-0.2, -0.15) is 5.10 Å². The fraction of sp³-hybridized carbons (Fsp3) is 0.700. The number of rotatable bonds is 1. The Bertz CT molecular complexity index is 306. The third kappa shape index (κ3) is 2.34. The lowest BCUT2D eigenvalue weighted by atomic mass is 10.1. The Morgan fingerprint density at radius 2 is 1.93 bits per heavy atom. The third-order valence-electron chi connectivity index (χ3n) is 2.79. The molecule has 0 bridgehead atoms. The highest BCUT2D eigenvalue weighted by Crippen LogP contribution is 2.11. The van der Waals surface area contributed by atoms with Gasteiger partial charge < -0.3 is 4.90 Å². The van der Waals surface area contributed by atoms with E-state index in [0.29, 0.717) is 18.6 Å². The molecule has 1 fully saturated rings. The van der Waals surface area contributed by atoms with Crippen LogP contribution >= 0.6 is 0 Å². The highest BCUT2D eigenvalue weighted by Gasteiger charge is 2.24. The molecule has 0 atom stereocenters. The van der Waals surface area contributed by atoms with Gasteiger partial charge >= 0.3 is 0 Å². The average molecular weight is 209 g/mol. The summed E-state index contributed by atoms with van der Waals surface area (Å²) in [7, 11) is 0. The molecule has 82 valence electrons. The topological polar surface area (TPSA) is 61.8 Å². The van der Waals surface area contributed by atoms with Crippen molar-refractivity contribution in [2.75, 3.05) is 13.1 Å². The summed E-state index contributed by atoms with van der Waals surface area (Å²) >= 11 is 0. The van der Waals surface area contributed by atoms with Gasteiger partial charge in [0.25, 0.3) is 5.91 Å². The van der Waals surface area contributed by atoms with E-state index >= 15 is 0 Å². The van der Waals surface area contributed by atoms with E-state index in [1.165, 1.54) is 6.42 Å². The molecule has 0 unspecified atom stereocenters. The Labute approximate surface area is 88.5 Å². The number of piperidine rings is 1. The second kappa shape index (κ2) is 4.42. The Hall–Kier alpha value is -1.39. The first kappa shape index (κ1) is 10.1. The summed E-state index contributed by atoms with van der Waals surface area (Å²) in [6.45, 7) is 1.65. The zero-order valence-electron chi connectivity index (χ0n) is 8.66. The molecule has 0 aromatic heterocycles. The van der Waals surface area contributed by atoms with Crippen LogP contribution in [0, 0.1) is 0 Å². The Morgan fingerprint density at radius 1 is 1.20 bits per heavy atom. The maximum absolute atomic E-state index is 11.9. The first-order chi connectivity index (χ1) is 7.27. The standard InChI is InChI=1S/C10H15N3O2/c14-9-5-4-8(11-12-9)10(15)13-6-2-1-3-7-13/h1-7H2,(H,12,14). The van der Waals surface area contributed by atoms with Crippen molar-refractivity contribution in [3.63, 3.8) is 0 Å². The van der Waals surface area contributed by atoms with E-state index in [0.717, 1.165) is 25.9 Å². The van der Waals surface area contributed by atoms with Crippen molar-refractivity contribution in [1.29, 1.82) is 0 Å². The number of hydrogen-bond donors (Lipinski definition) is 1. The lowest BCUT2D eigenvalue weighted by Crippen LogP contribution is -2.42. The average Bonchev–Trinajstić information content (AvgIpc) is 2.30. The Kier molecular flexibility index (Phi) is 2.99. The molecule has 0 aliphatic carbocycles. The number of hydrogen-bond acceptors (Lipinski definition) is 3. The van der Waals surface area contributed by atoms with Crippen LogP contribution in [0.1, 0.15) is 32.1 Å². The molecule has 0 aromatic carbocycles. The molecule has 0 aromatic rings. The summed E-state index contributed by atoms with van der Waals surface area (Å²) < 4.78 is 0. The monoisotopic (exact) mass is 209 g/mol. The summed E-state index contributed by atoms with van der Waals surface area (Å²) in [5, 5.41) is 3.81. The van der Waals surface area contributed by atoms with Gasteiger partial charge in [-0.3, -0.25) is 9.59 Å². The van der Waals surface area contributed by atoms with Crippen molar-refractivity contribution < 1.29 is 9.59 Å². The van der Waals surface area contributed by atoms with Crippen LogP contribution in [-0.4, -0.2) is 35.5 Å². The van der Waals surface area contributed by atoms with E-state index in [9.17, 15) is 9.59 Å². The van der Waals surface area contributed by atoms with Crippen molar-refractivity contribution in [2.24, 2.45) is 5.10 Å². The lowest BCUT2D eigenvalue weighted by molar-refractivity contribution is -0.125. The highest BCUT2D eigenvalue weighted by atomic mass is 16.2. The molecule has 2 amide bonds. The summed E-state index contributed by atoms with van der Waals surface area (Å²) in [5.41, 5.74) is 2.85. The van der Waals surface area contributed by atoms with Crippen LogP contribution in [0.5, 0.6) is 0 Å². The van der Waals surface area contributed by atoms with E-state index < -0.39 is 0 Å². The number of hydrazone groups is 1. The minimum atomic E-state index is -0.106. The van der Waals surface area contributed by atoms with Crippen molar-refractivity contribution >= 4 is 17.5 Å². The van der Waals surface area contributed by atoms with Gasteiger partial charge in [-0.15, -0.1) is 0 Å². The molecule has 2 aliphatic heterocycles. The second-order valence-electron chi connectivity index (χ2n) is 3.95. The van der Waals surface area contributed by atoms with Gasteiger partial charge in [-0.1, -0.05) is 0 Å². The number of likely N-dealkylation sites (tertiary alicyclic amines) is 1. The minimum Gasteiger partial charge on any atom is -0.338 e. The van der Waals surface area contributed by atoms with Crippen LogP contribution in [0.25, 0.3) is 0 Å². The number of nitrogens with one attached hydrogen (secondary N) is 1. The van der Waals surface area contributed by atoms with Crippen LogP contribution in [-0.2, 0) is 9.59 Å². The van der Waals surface area contributed by atoms with E-state index in [1.54, 1.807) is 0 Å². The van der Waals surface area contributed by atoms with Gasteiger partial charge in [-0.05, 0) is 19.3 Å². The highest BCUT2D eigenvalue weighted by molar-refractivity contribution is 6.39. The minimum absolute atomic E-state index is 0.00491. The van der Waals surface area contributed by atoms with Crippen molar-refractivity contribution in [3.8, 4) is 0 Å². The lowest BCUT2D eigenvalue weighted by Gasteiger charge is -2.27. The zero-order valence-corrected chi connectivity index (χ0v) is 8.66. The second-order valence-corrected chi connectivity index (χ2v) is 3.95. The van der Waals surface area contributed by atoms with Gasteiger partial charge in [0.2, 0.25) is 5.91 Å². The number of carbonyl (C=O) groups is 2. The van der Waals surface area contributed by atoms with Crippen LogP contribution in [0.4, 0.5) is 0 Å². The van der Waals surface area contributed by atoms with Crippen molar-refractivity contribution in [3.05, 3.63) is 0 Å². The summed E-state index contributed by atoms with van der Waals surface area (Å²) in [6.07, 6.45) is 4.20. The van der Waals surface area contributed by atoms with Gasteiger partial charge in [0, 0.05) is 25.9 Å². The summed E-state index contributed by atoms with van der Waals surface area (Å²) in [6, 6.07) is 0. The van der Waals surface area contributed by atoms with Gasteiger partial charge in [0.05, 0.1) is 0 Å². The molecule has 1 N–H and O–H groups in total. The van der Waals surface area contributed by atoms with E-state index in [4.69, 9.17) is 0 Å². The molecule has 0 radical (unpaired) electrons. The van der Waals surface area contributed by atoms with Crippen LogP contribution in [0.15, 0.2) is 5.10 Å². The fourth-order valence-electron chi connectivity index (χ4n) is 1.91. The quantitative estimate of drug-likeness (QED) is 0.673. The molecule has 5 nitrogen and oxygen atoms in total. The first-order valence-corrected chi connectivity index (χ1v) is 5.42. The van der Waals surface area contributed by atoms with Gasteiger partial charge in [0.15, 0.2) is 0 Å². The maximum atomic E-state index is 11.9. The van der Waals surface area contributed by atoms with E-state index in [1.807, 2.05) is 4.90 Å². The number of nitrogens with zero attached hydrogens (tertiary/aromatic N) is 2. The van der Waals surface area contributed by atoms with E-state index in [-0.39, 0.29) is 11.8 Å². The fourth-order valence-corrected chi connectivity index (χ4v) is 1.91. The molecular weight excluding hydrogens is 194 g/mol. The summed E-state index contributed by atoms with van der Waals surface area (Å²) in [5.74, 6) is -0.111. The maximum Gasteiger partial charge on any atom is 0.270 e. The van der Waals surface area contributed by atoms with Crippen LogP contribution < -0.4 is 5.43 Å². The summed E-state index contributed by atoms with van der Waals surface area (Å²) in [4.78, 5) is 24.6. The van der Waals surface area contributed by atoms with Crippen LogP contribution in [0.2, 0.25) is 0 Å². The first-order valence-electron chi connectivity index (χ1n) is 5.42. The Balaban J connectivity index is 1.97. The molecular formula is C10H15N3O2. The molecule has 0 spiro atoms. The number of amides is 2.